The summed E-state index contributed by atoms with van der Waals surface area (Å²) < 4.78 is 35.7. The van der Waals surface area contributed by atoms with Crippen LogP contribution >= 0.6 is 11.3 Å². The van der Waals surface area contributed by atoms with Crippen molar-refractivity contribution in [3.63, 3.8) is 0 Å². The molecule has 0 radical (unpaired) electrons. The van der Waals surface area contributed by atoms with Crippen LogP contribution in [0, 0.1) is 0 Å². The number of rotatable bonds is 6. The van der Waals surface area contributed by atoms with Crippen molar-refractivity contribution >= 4 is 50.0 Å². The number of benzene rings is 1. The summed E-state index contributed by atoms with van der Waals surface area (Å²) in [5, 5.41) is 17.0. The first-order valence-corrected chi connectivity index (χ1v) is 16.1. The Labute approximate surface area is 252 Å². The summed E-state index contributed by atoms with van der Waals surface area (Å²) >= 11 is 1.33. The SMILES string of the molecule is CC1Cc2nc(C(=O)N3CCN(S(=O)(=O)n4cc5ccc(C(N)=NO)cc5c4)CC3C(=C=O)N3CCOCC3)sc2CN1. The van der Waals surface area contributed by atoms with Crippen molar-refractivity contribution in [1.82, 2.24) is 28.4 Å². The van der Waals surface area contributed by atoms with Crippen molar-refractivity contribution in [3.8, 4) is 0 Å². The van der Waals surface area contributed by atoms with Gasteiger partial charge >= 0.3 is 10.2 Å². The molecule has 0 bridgehead atoms. The molecule has 2 aromatic heterocycles. The Hall–Kier alpha value is -3.79. The average molecular weight is 629 g/mol. The van der Waals surface area contributed by atoms with Crippen molar-refractivity contribution < 1.29 is 28.0 Å². The van der Waals surface area contributed by atoms with Crippen molar-refractivity contribution in [2.24, 2.45) is 10.9 Å². The number of nitrogens with zero attached hydrogens (tertiary/aromatic N) is 6. The van der Waals surface area contributed by atoms with E-state index in [-0.39, 0.29) is 43.1 Å². The molecule has 3 aliphatic heterocycles. The zero-order valence-corrected chi connectivity index (χ0v) is 25.1. The number of oxime groups is 1. The van der Waals surface area contributed by atoms with E-state index in [4.69, 9.17) is 15.7 Å². The lowest BCUT2D eigenvalue weighted by Gasteiger charge is -2.43. The van der Waals surface area contributed by atoms with E-state index in [1.165, 1.54) is 28.0 Å². The monoisotopic (exact) mass is 628 g/mol. The number of thiazole rings is 1. The highest BCUT2D eigenvalue weighted by atomic mass is 32.2. The van der Waals surface area contributed by atoms with Crippen LogP contribution in [-0.4, -0.2) is 112 Å². The van der Waals surface area contributed by atoms with Crippen LogP contribution in [-0.2, 0) is 32.7 Å². The van der Waals surface area contributed by atoms with Gasteiger partial charge in [-0.25, -0.2) is 13.8 Å². The van der Waals surface area contributed by atoms with Gasteiger partial charge in [-0.2, -0.15) is 12.7 Å². The van der Waals surface area contributed by atoms with E-state index in [2.05, 4.69) is 22.4 Å². The minimum absolute atomic E-state index is 0.0212. The van der Waals surface area contributed by atoms with E-state index in [1.807, 2.05) is 10.8 Å². The number of aromatic nitrogens is 2. The standard InChI is InChI=1S/C27H32N8O6S2/c1-17-10-21-24(12-29-17)42-26(30-21)27(37)35-5-4-33(15-22(35)23(16-36)32-6-8-41-9-7-32)43(39,40)34-13-19-3-2-18(25(28)31-38)11-20(19)14-34/h2-3,11,13-14,17,22,29,38H,4-10,12,15H2,1H3,(H2,28,31). The molecule has 5 heterocycles. The van der Waals surface area contributed by atoms with Crippen LogP contribution in [0.25, 0.3) is 10.8 Å². The first kappa shape index (κ1) is 29.3. The van der Waals surface area contributed by atoms with Gasteiger partial charge < -0.3 is 30.8 Å². The lowest BCUT2D eigenvalue weighted by Crippen LogP contribution is -2.60. The second-order valence-electron chi connectivity index (χ2n) is 10.8. The topological polar surface area (TPSA) is 176 Å². The molecule has 0 spiro atoms. The number of fused-ring (bicyclic) bond motifs is 2. The predicted octanol–water partition coefficient (Wildman–Crippen LogP) is 0.194. The summed E-state index contributed by atoms with van der Waals surface area (Å²) in [5.41, 5.74) is 7.26. The number of morpholine rings is 1. The van der Waals surface area contributed by atoms with E-state index in [0.29, 0.717) is 60.6 Å². The Morgan fingerprint density at radius 3 is 2.72 bits per heavy atom. The first-order valence-electron chi connectivity index (χ1n) is 13.9. The third-order valence-electron chi connectivity index (χ3n) is 8.06. The third kappa shape index (κ3) is 5.53. The van der Waals surface area contributed by atoms with Gasteiger partial charge in [0.05, 0.1) is 24.9 Å². The number of amides is 1. The molecule has 0 aliphatic carbocycles. The first-order chi connectivity index (χ1) is 20.7. The molecule has 2 atom stereocenters. The molecule has 6 rings (SSSR count). The Morgan fingerprint density at radius 2 is 1.98 bits per heavy atom. The maximum Gasteiger partial charge on any atom is 0.307 e. The number of hydrogen-bond donors (Lipinski definition) is 3. The van der Waals surface area contributed by atoms with Gasteiger partial charge in [0.15, 0.2) is 10.8 Å². The lowest BCUT2D eigenvalue weighted by molar-refractivity contribution is 0.0346. The van der Waals surface area contributed by atoms with Crippen LogP contribution in [0.4, 0.5) is 0 Å². The summed E-state index contributed by atoms with van der Waals surface area (Å²) in [5.74, 6) is 1.60. The quantitative estimate of drug-likeness (QED) is 0.112. The van der Waals surface area contributed by atoms with Crippen molar-refractivity contribution in [3.05, 3.63) is 57.4 Å². The fourth-order valence-corrected chi connectivity index (χ4v) is 8.11. The van der Waals surface area contributed by atoms with Crippen molar-refractivity contribution in [2.45, 2.75) is 32.0 Å². The van der Waals surface area contributed by atoms with E-state index in [0.717, 1.165) is 14.5 Å². The number of nitrogens with one attached hydrogen (secondary N) is 1. The zero-order chi connectivity index (χ0) is 30.3. The molecule has 4 N–H and O–H groups in total. The van der Waals surface area contributed by atoms with Gasteiger partial charge in [-0.3, -0.25) is 4.79 Å². The van der Waals surface area contributed by atoms with Crippen molar-refractivity contribution in [2.75, 3.05) is 45.9 Å². The highest BCUT2D eigenvalue weighted by Crippen LogP contribution is 2.29. The van der Waals surface area contributed by atoms with Crippen LogP contribution in [0.5, 0.6) is 0 Å². The average Bonchev–Trinajstić information content (AvgIpc) is 3.65. The zero-order valence-electron chi connectivity index (χ0n) is 23.5. The number of piperazine rings is 1. The molecule has 43 heavy (non-hydrogen) atoms. The fourth-order valence-electron chi connectivity index (χ4n) is 5.72. The molecule has 2 unspecified atom stereocenters. The van der Waals surface area contributed by atoms with E-state index in [9.17, 15) is 18.0 Å². The highest BCUT2D eigenvalue weighted by Gasteiger charge is 2.41. The van der Waals surface area contributed by atoms with E-state index < -0.39 is 16.3 Å². The van der Waals surface area contributed by atoms with Gasteiger partial charge in [0, 0.05) is 85.3 Å². The highest BCUT2D eigenvalue weighted by molar-refractivity contribution is 7.87. The van der Waals surface area contributed by atoms with Crippen LogP contribution < -0.4 is 11.1 Å². The van der Waals surface area contributed by atoms with Crippen molar-refractivity contribution in [1.29, 1.82) is 0 Å². The second kappa shape index (κ2) is 11.7. The molecular formula is C27H32N8O6S2. The number of hydrogen-bond acceptors (Lipinski definition) is 11. The van der Waals surface area contributed by atoms with Crippen LogP contribution in [0.2, 0.25) is 0 Å². The molecule has 228 valence electrons. The molecule has 16 heteroatoms. The van der Waals surface area contributed by atoms with Gasteiger partial charge in [-0.1, -0.05) is 17.3 Å². The maximum atomic E-state index is 13.9. The normalized spacial score (nSPS) is 21.9. The molecule has 14 nitrogen and oxygen atoms in total. The van der Waals surface area contributed by atoms with Crippen LogP contribution in [0.15, 0.2) is 41.4 Å². The predicted molar refractivity (Wildman–Crippen MR) is 159 cm³/mol. The Balaban J connectivity index is 1.32. The molecule has 1 amide bonds. The van der Waals surface area contributed by atoms with E-state index in [1.54, 1.807) is 23.1 Å². The number of carbonyl (C=O) groups excluding carboxylic acids is 2. The van der Waals surface area contributed by atoms with Gasteiger partial charge in [0.1, 0.15) is 11.6 Å². The third-order valence-corrected chi connectivity index (χ3v) is 10.9. The summed E-state index contributed by atoms with van der Waals surface area (Å²) in [6.45, 7) is 4.31. The molecule has 0 saturated carbocycles. The molecule has 1 aromatic carbocycles. The van der Waals surface area contributed by atoms with Crippen LogP contribution in [0.1, 0.15) is 32.9 Å². The second-order valence-corrected chi connectivity index (χ2v) is 13.7. The number of amidine groups is 1. The Kier molecular flexibility index (Phi) is 7.98. The molecule has 2 saturated heterocycles. The molecule has 3 aliphatic rings. The van der Waals surface area contributed by atoms with Gasteiger partial charge in [0.2, 0.25) is 0 Å². The minimum atomic E-state index is -4.10. The maximum absolute atomic E-state index is 13.9. The Morgan fingerprint density at radius 1 is 1.21 bits per heavy atom. The minimum Gasteiger partial charge on any atom is -0.409 e. The van der Waals surface area contributed by atoms with Gasteiger partial charge in [-0.05, 0) is 13.0 Å². The summed E-state index contributed by atoms with van der Waals surface area (Å²) in [6.07, 6.45) is 3.66. The summed E-state index contributed by atoms with van der Waals surface area (Å²) in [6, 6.07) is 4.32. The largest absolute Gasteiger partial charge is 0.409 e. The van der Waals surface area contributed by atoms with Crippen LogP contribution in [0.3, 0.4) is 0 Å². The summed E-state index contributed by atoms with van der Waals surface area (Å²) in [4.78, 5) is 35.4. The summed E-state index contributed by atoms with van der Waals surface area (Å²) in [7, 11) is -4.10. The number of nitrogens with two attached hydrogens (primary N) is 1. The van der Waals surface area contributed by atoms with Gasteiger partial charge in [-0.15, -0.1) is 11.3 Å². The fraction of sp³-hybridized carbons (Fsp3) is 0.444. The molecule has 3 aromatic rings. The number of carbonyl (C=O) groups is 1. The molecular weight excluding hydrogens is 596 g/mol. The Bertz CT molecular complexity index is 1740. The van der Waals surface area contributed by atoms with E-state index >= 15 is 0 Å². The lowest BCUT2D eigenvalue weighted by atomic mass is 10.1. The van der Waals surface area contributed by atoms with Gasteiger partial charge in [0.25, 0.3) is 5.91 Å². The smallest absolute Gasteiger partial charge is 0.307 e. The molecule has 2 fully saturated rings. The number of ether oxygens (including phenoxy) is 1.